The minimum atomic E-state index is -0.168. The van der Waals surface area contributed by atoms with Crippen LogP contribution in [0, 0.1) is 23.6 Å². The molecule has 0 amide bonds. The Kier molecular flexibility index (Phi) is 5.99. The topological polar surface area (TPSA) is 26.0 Å². The van der Waals surface area contributed by atoms with Crippen molar-refractivity contribution in [1.82, 2.24) is 0 Å². The fourth-order valence-electron chi connectivity index (χ4n) is 2.44. The Bertz CT molecular complexity index is 369. The van der Waals surface area contributed by atoms with E-state index in [0.29, 0.717) is 18.4 Å². The molecule has 1 nitrogen and oxygen atoms in total. The zero-order valence-electron chi connectivity index (χ0n) is 12.6. The number of benzene rings is 1. The van der Waals surface area contributed by atoms with E-state index in [2.05, 4.69) is 34.1 Å². The summed E-state index contributed by atoms with van der Waals surface area (Å²) in [5.74, 6) is 0.827. The molecule has 0 aliphatic rings. The van der Waals surface area contributed by atoms with Gasteiger partial charge in [0, 0.05) is 0 Å². The molecule has 1 aromatic carbocycles. The van der Waals surface area contributed by atoms with Crippen molar-refractivity contribution in [1.29, 1.82) is 0 Å². The highest BCUT2D eigenvalue weighted by Crippen LogP contribution is 2.32. The number of halogens is 1. The molecule has 0 aliphatic carbocycles. The zero-order chi connectivity index (χ0) is 14.5. The molecule has 0 heterocycles. The van der Waals surface area contributed by atoms with E-state index in [-0.39, 0.29) is 11.2 Å². The van der Waals surface area contributed by atoms with Gasteiger partial charge in [-0.05, 0) is 54.3 Å². The molecule has 107 valence electrons. The summed E-state index contributed by atoms with van der Waals surface area (Å²) in [7, 11) is 0. The lowest BCUT2D eigenvalue weighted by Gasteiger charge is -2.29. The average Bonchev–Trinajstić information content (AvgIpc) is 2.38. The molecule has 0 saturated carbocycles. The van der Waals surface area contributed by atoms with Crippen LogP contribution in [0.3, 0.4) is 0 Å². The van der Waals surface area contributed by atoms with Crippen molar-refractivity contribution in [3.8, 4) is 0 Å². The molecule has 2 atom stereocenters. The lowest BCUT2D eigenvalue weighted by atomic mass is 9.77. The van der Waals surface area contributed by atoms with Crippen molar-refractivity contribution in [3.63, 3.8) is 0 Å². The van der Waals surface area contributed by atoms with Gasteiger partial charge in [0.25, 0.3) is 0 Å². The van der Waals surface area contributed by atoms with Crippen molar-refractivity contribution in [3.05, 3.63) is 42.1 Å². The maximum atomic E-state index is 12.9. The van der Waals surface area contributed by atoms with Crippen LogP contribution in [0.4, 0.5) is 4.39 Å². The molecular formula is C17H27FN. The second-order valence-electron chi connectivity index (χ2n) is 6.22. The van der Waals surface area contributed by atoms with Crippen molar-refractivity contribution in [2.75, 3.05) is 6.54 Å². The van der Waals surface area contributed by atoms with E-state index in [9.17, 15) is 4.39 Å². The van der Waals surface area contributed by atoms with Crippen LogP contribution in [0.2, 0.25) is 0 Å². The van der Waals surface area contributed by atoms with Gasteiger partial charge in [-0.3, -0.25) is 0 Å². The van der Waals surface area contributed by atoms with Gasteiger partial charge < -0.3 is 5.73 Å². The van der Waals surface area contributed by atoms with Crippen LogP contribution in [-0.4, -0.2) is 6.54 Å². The maximum Gasteiger partial charge on any atom is 0.123 e. The first-order valence-electron chi connectivity index (χ1n) is 7.19. The molecule has 0 fully saturated rings. The van der Waals surface area contributed by atoms with Crippen molar-refractivity contribution >= 4 is 0 Å². The molecule has 0 saturated heterocycles. The third-order valence-corrected chi connectivity index (χ3v) is 3.83. The summed E-state index contributed by atoms with van der Waals surface area (Å²) < 4.78 is 12.9. The van der Waals surface area contributed by atoms with E-state index in [1.54, 1.807) is 12.1 Å². The fourth-order valence-corrected chi connectivity index (χ4v) is 2.44. The van der Waals surface area contributed by atoms with Gasteiger partial charge in [0.15, 0.2) is 0 Å². The Hall–Kier alpha value is -0.890. The second kappa shape index (κ2) is 7.04. The van der Waals surface area contributed by atoms with E-state index in [0.717, 1.165) is 12.8 Å². The van der Waals surface area contributed by atoms with Gasteiger partial charge in [-0.1, -0.05) is 46.2 Å². The quantitative estimate of drug-likeness (QED) is 0.769. The molecule has 2 heteroatoms. The third kappa shape index (κ3) is 5.32. The van der Waals surface area contributed by atoms with Crippen molar-refractivity contribution in [2.45, 2.75) is 46.5 Å². The van der Waals surface area contributed by atoms with E-state index in [1.165, 1.54) is 5.56 Å². The molecule has 1 rings (SSSR count). The first-order chi connectivity index (χ1) is 8.88. The monoisotopic (exact) mass is 264 g/mol. The Balaban J connectivity index is 2.62. The molecule has 1 radical (unpaired) electrons. The van der Waals surface area contributed by atoms with E-state index in [1.807, 2.05) is 12.1 Å². The molecule has 1 aromatic rings. The Morgan fingerprint density at radius 2 is 1.84 bits per heavy atom. The Morgan fingerprint density at radius 1 is 1.26 bits per heavy atom. The minimum absolute atomic E-state index is 0.0865. The van der Waals surface area contributed by atoms with E-state index in [4.69, 9.17) is 5.73 Å². The van der Waals surface area contributed by atoms with Gasteiger partial charge >= 0.3 is 0 Å². The first kappa shape index (κ1) is 16.2. The van der Waals surface area contributed by atoms with Crippen molar-refractivity contribution < 1.29 is 4.39 Å². The molecule has 2 N–H and O–H groups in total. The van der Waals surface area contributed by atoms with Gasteiger partial charge in [0.2, 0.25) is 0 Å². The SMILES string of the molecule is CCC([CH]C(C)(C)CN)CC(C)c1ccc(F)cc1. The number of hydrogen-bond donors (Lipinski definition) is 1. The van der Waals surface area contributed by atoms with Gasteiger partial charge in [0.1, 0.15) is 5.82 Å². The number of nitrogens with two attached hydrogens (primary N) is 1. The minimum Gasteiger partial charge on any atom is -0.330 e. The largest absolute Gasteiger partial charge is 0.330 e. The van der Waals surface area contributed by atoms with Crippen molar-refractivity contribution in [2.24, 2.45) is 17.1 Å². The average molecular weight is 264 g/mol. The van der Waals surface area contributed by atoms with Gasteiger partial charge in [0.05, 0.1) is 0 Å². The summed E-state index contributed by atoms with van der Waals surface area (Å²) in [5, 5.41) is 0. The second-order valence-corrected chi connectivity index (χ2v) is 6.22. The highest BCUT2D eigenvalue weighted by Gasteiger charge is 2.23. The first-order valence-corrected chi connectivity index (χ1v) is 7.19. The van der Waals surface area contributed by atoms with E-state index >= 15 is 0 Å². The molecule has 0 spiro atoms. The highest BCUT2D eigenvalue weighted by molar-refractivity contribution is 5.20. The lowest BCUT2D eigenvalue weighted by molar-refractivity contribution is 0.354. The molecule has 0 aromatic heterocycles. The van der Waals surface area contributed by atoms with Gasteiger partial charge in [-0.2, -0.15) is 0 Å². The van der Waals surface area contributed by atoms with E-state index < -0.39 is 0 Å². The van der Waals surface area contributed by atoms with Crippen LogP contribution < -0.4 is 5.73 Å². The maximum absolute atomic E-state index is 12.9. The predicted molar refractivity (Wildman–Crippen MR) is 80.3 cm³/mol. The lowest BCUT2D eigenvalue weighted by Crippen LogP contribution is -2.27. The van der Waals surface area contributed by atoms with Gasteiger partial charge in [-0.25, -0.2) is 4.39 Å². The van der Waals surface area contributed by atoms with Crippen LogP contribution in [0.5, 0.6) is 0 Å². The number of rotatable bonds is 7. The zero-order valence-corrected chi connectivity index (χ0v) is 12.6. The van der Waals surface area contributed by atoms with Crippen LogP contribution >= 0.6 is 0 Å². The third-order valence-electron chi connectivity index (χ3n) is 3.83. The fraction of sp³-hybridized carbons (Fsp3) is 0.588. The molecule has 0 aliphatic heterocycles. The molecule has 2 unspecified atom stereocenters. The van der Waals surface area contributed by atoms with Gasteiger partial charge in [-0.15, -0.1) is 0 Å². The van der Waals surface area contributed by atoms with Crippen LogP contribution in [0.1, 0.15) is 52.0 Å². The van der Waals surface area contributed by atoms with Crippen LogP contribution in [0.15, 0.2) is 24.3 Å². The smallest absolute Gasteiger partial charge is 0.123 e. The molecule has 19 heavy (non-hydrogen) atoms. The van der Waals surface area contributed by atoms with Crippen LogP contribution in [0.25, 0.3) is 0 Å². The summed E-state index contributed by atoms with van der Waals surface area (Å²) in [6.45, 7) is 9.45. The highest BCUT2D eigenvalue weighted by atomic mass is 19.1. The summed E-state index contributed by atoms with van der Waals surface area (Å²) >= 11 is 0. The molecule has 0 bridgehead atoms. The summed E-state index contributed by atoms with van der Waals surface area (Å²) in [4.78, 5) is 0. The Morgan fingerprint density at radius 3 is 2.32 bits per heavy atom. The summed E-state index contributed by atoms with van der Waals surface area (Å²) in [5.41, 5.74) is 7.09. The Labute approximate surface area is 117 Å². The number of hydrogen-bond acceptors (Lipinski definition) is 1. The summed E-state index contributed by atoms with van der Waals surface area (Å²) in [6, 6.07) is 6.86. The molecular weight excluding hydrogens is 237 g/mol. The normalized spacial score (nSPS) is 15.3. The predicted octanol–water partition coefficient (Wildman–Crippen LogP) is 4.53. The summed E-state index contributed by atoms with van der Waals surface area (Å²) in [6.07, 6.45) is 4.59. The standard InChI is InChI=1S/C17H27FN/c1-5-14(11-17(3,4)12-19)10-13(2)15-6-8-16(18)9-7-15/h6-9,11,13-14H,5,10,12,19H2,1-4H3. The van der Waals surface area contributed by atoms with Crippen LogP contribution in [-0.2, 0) is 0 Å².